The van der Waals surface area contributed by atoms with Gasteiger partial charge in [0.15, 0.2) is 0 Å². The molecule has 128 valence electrons. The van der Waals surface area contributed by atoms with Crippen molar-refractivity contribution in [3.8, 4) is 0 Å². The van der Waals surface area contributed by atoms with Crippen LogP contribution in [0.3, 0.4) is 0 Å². The number of nitrogens with zero attached hydrogens (tertiary/aromatic N) is 2. The SMILES string of the molecule is Cc1ccc(N(CCC(=O)N(C)c2ccccc2)S(C)(=O)=O)cc1. The fraction of sp³-hybridized carbons (Fsp3) is 0.278. The zero-order valence-corrected chi connectivity index (χ0v) is 15.0. The Morgan fingerprint density at radius 1 is 0.958 bits per heavy atom. The van der Waals surface area contributed by atoms with Gasteiger partial charge in [-0.2, -0.15) is 0 Å². The Morgan fingerprint density at radius 2 is 1.54 bits per heavy atom. The maximum Gasteiger partial charge on any atom is 0.232 e. The summed E-state index contributed by atoms with van der Waals surface area (Å²) in [7, 11) is -1.77. The van der Waals surface area contributed by atoms with Gasteiger partial charge in [0.25, 0.3) is 0 Å². The fourth-order valence-corrected chi connectivity index (χ4v) is 3.29. The first kappa shape index (κ1) is 18.0. The number of amides is 1. The van der Waals surface area contributed by atoms with E-state index in [1.165, 1.54) is 9.21 Å². The number of rotatable bonds is 6. The van der Waals surface area contributed by atoms with Gasteiger partial charge in [0.2, 0.25) is 15.9 Å². The average Bonchev–Trinajstić information content (AvgIpc) is 2.55. The molecule has 0 aliphatic carbocycles. The molecule has 0 fully saturated rings. The molecule has 6 heteroatoms. The molecule has 0 saturated heterocycles. The van der Waals surface area contributed by atoms with E-state index in [4.69, 9.17) is 0 Å². The summed E-state index contributed by atoms with van der Waals surface area (Å²) in [5, 5.41) is 0. The maximum absolute atomic E-state index is 12.4. The molecule has 0 atom stereocenters. The molecule has 0 N–H and O–H groups in total. The van der Waals surface area contributed by atoms with Gasteiger partial charge in [-0.3, -0.25) is 9.10 Å². The molecule has 0 spiro atoms. The zero-order chi connectivity index (χ0) is 17.7. The Bertz CT molecular complexity index is 787. The molecule has 1 amide bonds. The number of aryl methyl sites for hydroxylation is 1. The second kappa shape index (κ2) is 7.49. The van der Waals surface area contributed by atoms with Gasteiger partial charge in [0.05, 0.1) is 11.9 Å². The summed E-state index contributed by atoms with van der Waals surface area (Å²) in [6.45, 7) is 2.05. The maximum atomic E-state index is 12.4. The third kappa shape index (κ3) is 4.58. The molecule has 0 heterocycles. The van der Waals surface area contributed by atoms with Crippen LogP contribution in [0.25, 0.3) is 0 Å². The van der Waals surface area contributed by atoms with E-state index in [1.54, 1.807) is 19.2 Å². The van der Waals surface area contributed by atoms with Crippen LogP contribution in [0.5, 0.6) is 0 Å². The molecule has 0 radical (unpaired) electrons. The van der Waals surface area contributed by atoms with Crippen LogP contribution in [0.2, 0.25) is 0 Å². The molecule has 0 aliphatic rings. The lowest BCUT2D eigenvalue weighted by molar-refractivity contribution is -0.118. The summed E-state index contributed by atoms with van der Waals surface area (Å²) in [5.74, 6) is -0.137. The first-order valence-corrected chi connectivity index (χ1v) is 9.50. The molecule has 24 heavy (non-hydrogen) atoms. The van der Waals surface area contributed by atoms with Gasteiger partial charge in [-0.25, -0.2) is 8.42 Å². The summed E-state index contributed by atoms with van der Waals surface area (Å²) >= 11 is 0. The predicted octanol–water partition coefficient (Wildman–Crippen LogP) is 2.81. The minimum atomic E-state index is -3.45. The average molecular weight is 346 g/mol. The molecule has 2 rings (SSSR count). The van der Waals surface area contributed by atoms with Gasteiger partial charge in [-0.05, 0) is 31.2 Å². The minimum Gasteiger partial charge on any atom is -0.315 e. The van der Waals surface area contributed by atoms with E-state index in [-0.39, 0.29) is 18.9 Å². The van der Waals surface area contributed by atoms with Gasteiger partial charge >= 0.3 is 0 Å². The molecule has 0 saturated carbocycles. The minimum absolute atomic E-state index is 0.104. The number of carbonyl (C=O) groups excluding carboxylic acids is 1. The monoisotopic (exact) mass is 346 g/mol. The van der Waals surface area contributed by atoms with Crippen LogP contribution in [0.1, 0.15) is 12.0 Å². The molecule has 0 aromatic heterocycles. The largest absolute Gasteiger partial charge is 0.315 e. The lowest BCUT2D eigenvalue weighted by Crippen LogP contribution is -2.35. The Hall–Kier alpha value is -2.34. The van der Waals surface area contributed by atoms with Crippen molar-refractivity contribution in [2.75, 3.05) is 29.1 Å². The van der Waals surface area contributed by atoms with Crippen molar-refractivity contribution in [3.05, 3.63) is 60.2 Å². The van der Waals surface area contributed by atoms with Gasteiger partial charge in [0.1, 0.15) is 0 Å². The number of hydrogen-bond acceptors (Lipinski definition) is 3. The van der Waals surface area contributed by atoms with Crippen molar-refractivity contribution >= 4 is 27.3 Å². The number of benzene rings is 2. The molecular weight excluding hydrogens is 324 g/mol. The first-order chi connectivity index (χ1) is 11.3. The number of carbonyl (C=O) groups is 1. The van der Waals surface area contributed by atoms with E-state index in [0.717, 1.165) is 17.5 Å². The molecule has 0 bridgehead atoms. The van der Waals surface area contributed by atoms with E-state index < -0.39 is 10.0 Å². The Balaban J connectivity index is 2.11. The summed E-state index contributed by atoms with van der Waals surface area (Å²) in [4.78, 5) is 13.9. The van der Waals surface area contributed by atoms with Crippen LogP contribution in [0.4, 0.5) is 11.4 Å². The quantitative estimate of drug-likeness (QED) is 0.808. The van der Waals surface area contributed by atoms with Gasteiger partial charge in [-0.15, -0.1) is 0 Å². The molecule has 5 nitrogen and oxygen atoms in total. The van der Waals surface area contributed by atoms with Crippen LogP contribution in [-0.2, 0) is 14.8 Å². The summed E-state index contributed by atoms with van der Waals surface area (Å²) in [6.07, 6.45) is 1.25. The van der Waals surface area contributed by atoms with Crippen molar-refractivity contribution in [2.24, 2.45) is 0 Å². The van der Waals surface area contributed by atoms with Crippen LogP contribution in [-0.4, -0.2) is 34.2 Å². The van der Waals surface area contributed by atoms with Crippen molar-refractivity contribution in [1.82, 2.24) is 0 Å². The molecule has 0 aliphatic heterocycles. The van der Waals surface area contributed by atoms with Gasteiger partial charge in [-0.1, -0.05) is 35.9 Å². The van der Waals surface area contributed by atoms with Crippen molar-refractivity contribution < 1.29 is 13.2 Å². The highest BCUT2D eigenvalue weighted by Crippen LogP contribution is 2.19. The number of anilines is 2. The molecular formula is C18H22N2O3S. The molecule has 2 aromatic rings. The van der Waals surface area contributed by atoms with E-state index >= 15 is 0 Å². The fourth-order valence-electron chi connectivity index (χ4n) is 2.36. The smallest absolute Gasteiger partial charge is 0.232 e. The normalized spacial score (nSPS) is 11.1. The van der Waals surface area contributed by atoms with E-state index in [0.29, 0.717) is 5.69 Å². The molecule has 2 aromatic carbocycles. The summed E-state index contributed by atoms with van der Waals surface area (Å²) in [5.41, 5.74) is 2.40. The van der Waals surface area contributed by atoms with E-state index in [2.05, 4.69) is 0 Å². The second-order valence-electron chi connectivity index (χ2n) is 5.71. The second-order valence-corrected chi connectivity index (χ2v) is 7.62. The highest BCUT2D eigenvalue weighted by molar-refractivity contribution is 7.92. The number of para-hydroxylation sites is 1. The van der Waals surface area contributed by atoms with Crippen LogP contribution >= 0.6 is 0 Å². The van der Waals surface area contributed by atoms with Crippen LogP contribution in [0.15, 0.2) is 54.6 Å². The highest BCUT2D eigenvalue weighted by atomic mass is 32.2. The standard InChI is InChI=1S/C18H22N2O3S/c1-15-9-11-17(12-10-15)20(24(3,22)23)14-13-18(21)19(2)16-7-5-4-6-8-16/h4-12H,13-14H2,1-3H3. The van der Waals surface area contributed by atoms with E-state index in [9.17, 15) is 13.2 Å². The Morgan fingerprint density at radius 3 is 2.08 bits per heavy atom. The zero-order valence-electron chi connectivity index (χ0n) is 14.1. The van der Waals surface area contributed by atoms with Crippen molar-refractivity contribution in [2.45, 2.75) is 13.3 Å². The van der Waals surface area contributed by atoms with Crippen LogP contribution in [0, 0.1) is 6.92 Å². The summed E-state index contributed by atoms with van der Waals surface area (Å²) < 4.78 is 25.4. The third-order valence-electron chi connectivity index (χ3n) is 3.77. The first-order valence-electron chi connectivity index (χ1n) is 7.65. The van der Waals surface area contributed by atoms with Gasteiger partial charge < -0.3 is 4.90 Å². The topological polar surface area (TPSA) is 57.7 Å². The molecule has 0 unspecified atom stereocenters. The van der Waals surface area contributed by atoms with Crippen LogP contribution < -0.4 is 9.21 Å². The number of hydrogen-bond donors (Lipinski definition) is 0. The van der Waals surface area contributed by atoms with Gasteiger partial charge in [0, 0.05) is 25.7 Å². The van der Waals surface area contributed by atoms with Crippen molar-refractivity contribution in [1.29, 1.82) is 0 Å². The Kier molecular flexibility index (Phi) is 5.62. The summed E-state index contributed by atoms with van der Waals surface area (Å²) in [6, 6.07) is 16.5. The van der Waals surface area contributed by atoms with Crippen molar-refractivity contribution in [3.63, 3.8) is 0 Å². The predicted molar refractivity (Wildman–Crippen MR) is 97.8 cm³/mol. The Labute approximate surface area is 143 Å². The lowest BCUT2D eigenvalue weighted by atomic mass is 10.2. The third-order valence-corrected chi connectivity index (χ3v) is 4.96. The lowest BCUT2D eigenvalue weighted by Gasteiger charge is -2.24. The highest BCUT2D eigenvalue weighted by Gasteiger charge is 2.20. The number of sulfonamides is 1. The van der Waals surface area contributed by atoms with E-state index in [1.807, 2.05) is 49.4 Å².